The number of anilines is 1. The van der Waals surface area contributed by atoms with Crippen LogP contribution in [0.3, 0.4) is 0 Å². The van der Waals surface area contributed by atoms with Gasteiger partial charge in [-0.25, -0.2) is 0 Å². The Balaban J connectivity index is 2.20. The van der Waals surface area contributed by atoms with Crippen LogP contribution < -0.4 is 4.90 Å². The fraction of sp³-hybridized carbons (Fsp3) is 0.235. The molecule has 20 heavy (non-hydrogen) atoms. The Hall–Kier alpha value is -2.29. The normalized spacial score (nSPS) is 11.4. The quantitative estimate of drug-likeness (QED) is 0.367. The highest BCUT2D eigenvalue weighted by molar-refractivity contribution is 5.77. The minimum atomic E-state index is 0.652. The Labute approximate surface area is 120 Å². The maximum atomic E-state index is 12.1. The monoisotopic (exact) mass is 268 g/mol. The summed E-state index contributed by atoms with van der Waals surface area (Å²) in [5, 5.41) is 12.1. The molecule has 104 valence electrons. The van der Waals surface area contributed by atoms with Crippen LogP contribution in [0.5, 0.6) is 0 Å². The molecule has 3 nitrogen and oxygen atoms in total. The Bertz CT molecular complexity index is 583. The van der Waals surface area contributed by atoms with Gasteiger partial charge in [0.1, 0.15) is 0 Å². The molecule has 0 bridgehead atoms. The molecule has 0 aliphatic heterocycles. The van der Waals surface area contributed by atoms with Crippen molar-refractivity contribution in [3.63, 3.8) is 0 Å². The molecule has 2 rings (SSSR count). The number of hydrogen-bond acceptors (Lipinski definition) is 2. The maximum absolute atomic E-state index is 12.1. The Kier molecular flexibility index (Phi) is 4.41. The van der Waals surface area contributed by atoms with Crippen molar-refractivity contribution in [2.24, 2.45) is 0 Å². The molecule has 0 fully saturated rings. The van der Waals surface area contributed by atoms with Gasteiger partial charge in [-0.15, -0.1) is 0 Å². The van der Waals surface area contributed by atoms with E-state index in [2.05, 4.69) is 6.92 Å². The van der Waals surface area contributed by atoms with E-state index in [1.807, 2.05) is 67.5 Å². The van der Waals surface area contributed by atoms with Crippen LogP contribution in [0.1, 0.15) is 18.1 Å². The molecular weight excluding hydrogens is 248 g/mol. The molecule has 0 atom stereocenters. The highest BCUT2D eigenvalue weighted by atomic mass is 16.5. The van der Waals surface area contributed by atoms with E-state index in [0.717, 1.165) is 22.4 Å². The lowest BCUT2D eigenvalue weighted by molar-refractivity contribution is -0.354. The SMILES string of the molecule is CCc1ccc([N+]([O-])=Cc2ccc(N(C)C)cc2)cc1. The molecule has 0 aliphatic carbocycles. The van der Waals surface area contributed by atoms with Crippen LogP contribution in [0.15, 0.2) is 48.5 Å². The van der Waals surface area contributed by atoms with Crippen LogP contribution in [0.4, 0.5) is 11.4 Å². The summed E-state index contributed by atoms with van der Waals surface area (Å²) in [5.74, 6) is 0. The van der Waals surface area contributed by atoms with Gasteiger partial charge in [0.15, 0.2) is 6.21 Å². The largest absolute Gasteiger partial charge is 0.618 e. The highest BCUT2D eigenvalue weighted by Gasteiger charge is 2.02. The minimum absolute atomic E-state index is 0.652. The highest BCUT2D eigenvalue weighted by Crippen LogP contribution is 2.14. The lowest BCUT2D eigenvalue weighted by atomic mass is 10.1. The summed E-state index contributed by atoms with van der Waals surface area (Å²) in [4.78, 5) is 2.03. The third-order valence-corrected chi connectivity index (χ3v) is 3.27. The van der Waals surface area contributed by atoms with Gasteiger partial charge in [-0.2, -0.15) is 4.74 Å². The van der Waals surface area contributed by atoms with E-state index in [4.69, 9.17) is 0 Å². The molecular formula is C17H20N2O. The smallest absolute Gasteiger partial charge is 0.216 e. The number of rotatable bonds is 4. The van der Waals surface area contributed by atoms with E-state index < -0.39 is 0 Å². The van der Waals surface area contributed by atoms with Gasteiger partial charge in [0.2, 0.25) is 5.69 Å². The van der Waals surface area contributed by atoms with Crippen molar-refractivity contribution in [2.45, 2.75) is 13.3 Å². The number of hydrogen-bond donors (Lipinski definition) is 0. The van der Waals surface area contributed by atoms with Gasteiger partial charge < -0.3 is 10.1 Å². The zero-order valence-electron chi connectivity index (χ0n) is 12.2. The van der Waals surface area contributed by atoms with Crippen LogP contribution in [0.2, 0.25) is 0 Å². The first-order valence-electron chi connectivity index (χ1n) is 6.77. The van der Waals surface area contributed by atoms with Crippen LogP contribution >= 0.6 is 0 Å². The molecule has 0 amide bonds. The first-order chi connectivity index (χ1) is 9.60. The molecule has 0 aliphatic rings. The molecule has 0 spiro atoms. The van der Waals surface area contributed by atoms with E-state index in [-0.39, 0.29) is 0 Å². The number of nitrogens with zero attached hydrogens (tertiary/aromatic N) is 2. The Morgan fingerprint density at radius 3 is 2.10 bits per heavy atom. The van der Waals surface area contributed by atoms with E-state index in [1.54, 1.807) is 6.21 Å². The van der Waals surface area contributed by atoms with Gasteiger partial charge in [0.25, 0.3) is 0 Å². The molecule has 3 heteroatoms. The van der Waals surface area contributed by atoms with Crippen LogP contribution in [-0.4, -0.2) is 25.0 Å². The predicted molar refractivity (Wildman–Crippen MR) is 85.0 cm³/mol. The van der Waals surface area contributed by atoms with Crippen molar-refractivity contribution in [1.29, 1.82) is 0 Å². The second-order valence-electron chi connectivity index (χ2n) is 4.96. The van der Waals surface area contributed by atoms with E-state index in [9.17, 15) is 5.21 Å². The average Bonchev–Trinajstić information content (AvgIpc) is 2.48. The fourth-order valence-corrected chi connectivity index (χ4v) is 1.95. The van der Waals surface area contributed by atoms with E-state index >= 15 is 0 Å². The summed E-state index contributed by atoms with van der Waals surface area (Å²) in [5.41, 5.74) is 3.90. The van der Waals surface area contributed by atoms with E-state index in [0.29, 0.717) is 5.69 Å². The van der Waals surface area contributed by atoms with Crippen LogP contribution in [-0.2, 0) is 6.42 Å². The summed E-state index contributed by atoms with van der Waals surface area (Å²) in [6.07, 6.45) is 2.58. The minimum Gasteiger partial charge on any atom is -0.618 e. The first kappa shape index (κ1) is 14.1. The first-order valence-corrected chi connectivity index (χ1v) is 6.77. The van der Waals surface area contributed by atoms with Gasteiger partial charge in [0, 0.05) is 37.5 Å². The summed E-state index contributed by atoms with van der Waals surface area (Å²) in [6.45, 7) is 2.10. The molecule has 0 unspecified atom stereocenters. The van der Waals surface area contributed by atoms with Gasteiger partial charge in [-0.05, 0) is 36.2 Å². The maximum Gasteiger partial charge on any atom is 0.216 e. The molecule has 2 aromatic carbocycles. The van der Waals surface area contributed by atoms with Crippen molar-refractivity contribution in [1.82, 2.24) is 0 Å². The van der Waals surface area contributed by atoms with Gasteiger partial charge in [0.05, 0.1) is 0 Å². The molecule has 0 saturated heterocycles. The topological polar surface area (TPSA) is 29.3 Å². The lowest BCUT2D eigenvalue weighted by Crippen LogP contribution is -2.08. The molecule has 0 N–H and O–H groups in total. The third-order valence-electron chi connectivity index (χ3n) is 3.27. The number of benzene rings is 2. The predicted octanol–water partition coefficient (Wildman–Crippen LogP) is 3.58. The zero-order chi connectivity index (χ0) is 14.5. The van der Waals surface area contributed by atoms with Crippen molar-refractivity contribution >= 4 is 17.6 Å². The van der Waals surface area contributed by atoms with Gasteiger partial charge in [-0.1, -0.05) is 19.1 Å². The van der Waals surface area contributed by atoms with Crippen molar-refractivity contribution in [2.75, 3.05) is 19.0 Å². The Morgan fingerprint density at radius 2 is 1.60 bits per heavy atom. The molecule has 2 aromatic rings. The Morgan fingerprint density at radius 1 is 1.00 bits per heavy atom. The van der Waals surface area contributed by atoms with Crippen molar-refractivity contribution in [3.05, 3.63) is 64.9 Å². The summed E-state index contributed by atoms with van der Waals surface area (Å²) in [7, 11) is 3.99. The van der Waals surface area contributed by atoms with Gasteiger partial charge in [-0.3, -0.25) is 0 Å². The van der Waals surface area contributed by atoms with Gasteiger partial charge >= 0.3 is 0 Å². The molecule has 0 radical (unpaired) electrons. The second-order valence-corrected chi connectivity index (χ2v) is 4.96. The third kappa shape index (κ3) is 3.38. The standard InChI is InChI=1S/C17H20N2O/c1-4-14-5-11-17(12-6-14)19(20)13-15-7-9-16(10-8-15)18(2)3/h5-13H,4H2,1-3H3. The average molecular weight is 268 g/mol. The zero-order valence-corrected chi connectivity index (χ0v) is 12.2. The summed E-state index contributed by atoms with van der Waals surface area (Å²) < 4.78 is 0.907. The van der Waals surface area contributed by atoms with Crippen LogP contribution in [0.25, 0.3) is 0 Å². The lowest BCUT2D eigenvalue weighted by Gasteiger charge is -2.11. The van der Waals surface area contributed by atoms with Crippen molar-refractivity contribution in [3.8, 4) is 0 Å². The summed E-state index contributed by atoms with van der Waals surface area (Å²) >= 11 is 0. The van der Waals surface area contributed by atoms with Crippen molar-refractivity contribution < 1.29 is 4.74 Å². The van der Waals surface area contributed by atoms with E-state index in [1.165, 1.54) is 5.56 Å². The fourth-order valence-electron chi connectivity index (χ4n) is 1.95. The van der Waals surface area contributed by atoms with Crippen LogP contribution in [0, 0.1) is 5.21 Å². The summed E-state index contributed by atoms with van der Waals surface area (Å²) in [6, 6.07) is 15.6. The second kappa shape index (κ2) is 6.24. The molecule has 0 aromatic heterocycles. The molecule has 0 heterocycles. The molecule has 0 saturated carbocycles. The number of aryl methyl sites for hydroxylation is 1.